The van der Waals surface area contributed by atoms with Gasteiger partial charge in [-0.05, 0) is 18.6 Å². The van der Waals surface area contributed by atoms with Gasteiger partial charge in [-0.15, -0.1) is 0 Å². The Morgan fingerprint density at radius 2 is 2.00 bits per heavy atom. The van der Waals surface area contributed by atoms with Gasteiger partial charge < -0.3 is 9.80 Å². The number of rotatable bonds is 2. The van der Waals surface area contributed by atoms with Gasteiger partial charge in [0.25, 0.3) is 0 Å². The van der Waals surface area contributed by atoms with Gasteiger partial charge in [-0.3, -0.25) is 9.59 Å². The van der Waals surface area contributed by atoms with Crippen molar-refractivity contribution >= 4 is 17.5 Å². The highest BCUT2D eigenvalue weighted by Crippen LogP contribution is 2.28. The molecule has 1 aromatic carbocycles. The maximum Gasteiger partial charge on any atom is 0.227 e. The third-order valence-electron chi connectivity index (χ3n) is 3.32. The minimum absolute atomic E-state index is 0.0273. The molecule has 4 heteroatoms. The van der Waals surface area contributed by atoms with E-state index < -0.39 is 0 Å². The lowest BCUT2D eigenvalue weighted by molar-refractivity contribution is -0.133. The molecule has 1 unspecified atom stereocenters. The third-order valence-corrected chi connectivity index (χ3v) is 3.32. The van der Waals surface area contributed by atoms with E-state index in [1.807, 2.05) is 31.2 Å². The normalized spacial score (nSPS) is 19.2. The van der Waals surface area contributed by atoms with Crippen LogP contribution in [0.1, 0.15) is 12.0 Å². The Labute approximate surface area is 107 Å². The van der Waals surface area contributed by atoms with E-state index in [0.717, 1.165) is 11.3 Å². The number of amides is 2. The molecule has 4 nitrogen and oxygen atoms in total. The van der Waals surface area contributed by atoms with E-state index in [1.54, 1.807) is 23.9 Å². The van der Waals surface area contributed by atoms with E-state index in [4.69, 9.17) is 0 Å². The van der Waals surface area contributed by atoms with Crippen LogP contribution in [0, 0.1) is 12.8 Å². The maximum atomic E-state index is 12.0. The van der Waals surface area contributed by atoms with Crippen LogP contribution in [-0.4, -0.2) is 37.4 Å². The summed E-state index contributed by atoms with van der Waals surface area (Å²) in [6.07, 6.45) is 0.311. The number of carbonyl (C=O) groups is 2. The summed E-state index contributed by atoms with van der Waals surface area (Å²) in [6.45, 7) is 2.46. The standard InChI is InChI=1S/C14H18N2O2/c1-10-6-4-5-7-12(10)16-9-11(8-13(16)17)14(18)15(2)3/h4-7,11H,8-9H2,1-3H3. The first-order valence-electron chi connectivity index (χ1n) is 6.08. The van der Waals surface area contributed by atoms with Gasteiger partial charge in [0.1, 0.15) is 0 Å². The zero-order valence-corrected chi connectivity index (χ0v) is 11.0. The second kappa shape index (κ2) is 4.80. The van der Waals surface area contributed by atoms with Gasteiger partial charge in [-0.25, -0.2) is 0 Å². The van der Waals surface area contributed by atoms with Crippen molar-refractivity contribution in [3.05, 3.63) is 29.8 Å². The summed E-state index contributed by atoms with van der Waals surface area (Å²) in [7, 11) is 3.45. The molecule has 1 heterocycles. The Morgan fingerprint density at radius 3 is 2.61 bits per heavy atom. The van der Waals surface area contributed by atoms with Crippen molar-refractivity contribution in [2.24, 2.45) is 5.92 Å². The smallest absolute Gasteiger partial charge is 0.227 e. The number of anilines is 1. The molecule has 1 aromatic rings. The number of aryl methyl sites for hydroxylation is 1. The summed E-state index contributed by atoms with van der Waals surface area (Å²) < 4.78 is 0. The van der Waals surface area contributed by atoms with Gasteiger partial charge in [-0.2, -0.15) is 0 Å². The molecule has 18 heavy (non-hydrogen) atoms. The number of benzene rings is 1. The van der Waals surface area contributed by atoms with Crippen molar-refractivity contribution in [1.82, 2.24) is 4.90 Å². The topological polar surface area (TPSA) is 40.6 Å². The number of nitrogens with zero attached hydrogens (tertiary/aromatic N) is 2. The fourth-order valence-corrected chi connectivity index (χ4v) is 2.34. The zero-order chi connectivity index (χ0) is 13.3. The summed E-state index contributed by atoms with van der Waals surface area (Å²) in [5.41, 5.74) is 1.97. The molecule has 0 N–H and O–H groups in total. The van der Waals surface area contributed by atoms with E-state index >= 15 is 0 Å². The summed E-state index contributed by atoms with van der Waals surface area (Å²) in [4.78, 5) is 27.2. The second-order valence-corrected chi connectivity index (χ2v) is 4.92. The van der Waals surface area contributed by atoms with Crippen LogP contribution in [0.5, 0.6) is 0 Å². The van der Waals surface area contributed by atoms with Gasteiger partial charge in [0, 0.05) is 32.7 Å². The van der Waals surface area contributed by atoms with Crippen molar-refractivity contribution in [1.29, 1.82) is 0 Å². The minimum Gasteiger partial charge on any atom is -0.349 e. The first kappa shape index (κ1) is 12.6. The Bertz CT molecular complexity index is 482. The molecule has 1 aliphatic rings. The molecule has 0 aliphatic carbocycles. The number of carbonyl (C=O) groups excluding carboxylic acids is 2. The average molecular weight is 246 g/mol. The molecule has 0 bridgehead atoms. The SMILES string of the molecule is Cc1ccccc1N1CC(C(=O)N(C)C)CC1=O. The fourth-order valence-electron chi connectivity index (χ4n) is 2.34. The average Bonchev–Trinajstić information content (AvgIpc) is 2.71. The Kier molecular flexibility index (Phi) is 3.36. The first-order valence-corrected chi connectivity index (χ1v) is 6.08. The second-order valence-electron chi connectivity index (χ2n) is 4.92. The number of hydrogen-bond acceptors (Lipinski definition) is 2. The van der Waals surface area contributed by atoms with Crippen LogP contribution >= 0.6 is 0 Å². The van der Waals surface area contributed by atoms with Crippen LogP contribution in [0.4, 0.5) is 5.69 Å². The lowest BCUT2D eigenvalue weighted by atomic mass is 10.1. The molecule has 1 atom stereocenters. The van der Waals surface area contributed by atoms with Gasteiger partial charge >= 0.3 is 0 Å². The van der Waals surface area contributed by atoms with E-state index in [1.165, 1.54) is 0 Å². The van der Waals surface area contributed by atoms with Crippen LogP contribution in [0.2, 0.25) is 0 Å². The molecule has 2 amide bonds. The Hall–Kier alpha value is -1.84. The van der Waals surface area contributed by atoms with Crippen LogP contribution in [-0.2, 0) is 9.59 Å². The zero-order valence-electron chi connectivity index (χ0n) is 11.0. The van der Waals surface area contributed by atoms with Crippen molar-refractivity contribution < 1.29 is 9.59 Å². The molecule has 96 valence electrons. The first-order chi connectivity index (χ1) is 8.50. The molecule has 0 radical (unpaired) electrons. The van der Waals surface area contributed by atoms with E-state index in [-0.39, 0.29) is 17.7 Å². The highest BCUT2D eigenvalue weighted by atomic mass is 16.2. The van der Waals surface area contributed by atoms with Crippen molar-refractivity contribution in [2.75, 3.05) is 25.5 Å². The van der Waals surface area contributed by atoms with Crippen LogP contribution in [0.15, 0.2) is 24.3 Å². The van der Waals surface area contributed by atoms with Gasteiger partial charge in [-0.1, -0.05) is 18.2 Å². The summed E-state index contributed by atoms with van der Waals surface area (Å²) in [5, 5.41) is 0. The van der Waals surface area contributed by atoms with Crippen molar-refractivity contribution in [3.63, 3.8) is 0 Å². The van der Waals surface area contributed by atoms with Gasteiger partial charge in [0.15, 0.2) is 0 Å². The lowest BCUT2D eigenvalue weighted by Gasteiger charge is -2.20. The quantitative estimate of drug-likeness (QED) is 0.792. The highest BCUT2D eigenvalue weighted by molar-refractivity contribution is 6.00. The number of hydrogen-bond donors (Lipinski definition) is 0. The summed E-state index contributed by atoms with van der Waals surface area (Å²) in [5.74, 6) is -0.156. The van der Waals surface area contributed by atoms with Crippen molar-refractivity contribution in [2.45, 2.75) is 13.3 Å². The van der Waals surface area contributed by atoms with Gasteiger partial charge in [0.05, 0.1) is 5.92 Å². The molecule has 1 fully saturated rings. The molecular weight excluding hydrogens is 228 g/mol. The summed E-state index contributed by atoms with van der Waals surface area (Å²) >= 11 is 0. The van der Waals surface area contributed by atoms with Crippen LogP contribution < -0.4 is 4.90 Å². The van der Waals surface area contributed by atoms with Crippen LogP contribution in [0.3, 0.4) is 0 Å². The molecule has 0 aromatic heterocycles. The van der Waals surface area contributed by atoms with E-state index in [9.17, 15) is 9.59 Å². The fraction of sp³-hybridized carbons (Fsp3) is 0.429. The minimum atomic E-state index is -0.216. The molecule has 0 saturated carbocycles. The summed E-state index contributed by atoms with van der Waals surface area (Å²) in [6, 6.07) is 7.76. The van der Waals surface area contributed by atoms with Crippen LogP contribution in [0.25, 0.3) is 0 Å². The van der Waals surface area contributed by atoms with E-state index in [0.29, 0.717) is 13.0 Å². The van der Waals surface area contributed by atoms with Crippen molar-refractivity contribution in [3.8, 4) is 0 Å². The molecule has 0 spiro atoms. The van der Waals surface area contributed by atoms with Gasteiger partial charge in [0.2, 0.25) is 11.8 Å². The predicted octanol–water partition coefficient (Wildman–Crippen LogP) is 1.44. The third kappa shape index (κ3) is 2.23. The molecular formula is C14H18N2O2. The Balaban J connectivity index is 2.20. The van der Waals surface area contributed by atoms with E-state index in [2.05, 4.69) is 0 Å². The molecule has 1 aliphatic heterocycles. The molecule has 2 rings (SSSR count). The number of para-hydroxylation sites is 1. The molecule has 1 saturated heterocycles. The lowest BCUT2D eigenvalue weighted by Crippen LogP contribution is -2.32. The predicted molar refractivity (Wildman–Crippen MR) is 70.3 cm³/mol. The largest absolute Gasteiger partial charge is 0.349 e. The highest BCUT2D eigenvalue weighted by Gasteiger charge is 2.36. The Morgan fingerprint density at radius 1 is 1.33 bits per heavy atom. The maximum absolute atomic E-state index is 12.0. The monoisotopic (exact) mass is 246 g/mol.